The number of ether oxygens (including phenoxy) is 6. The van der Waals surface area contributed by atoms with Crippen LogP contribution in [0.25, 0.3) is 20.4 Å². The Morgan fingerprint density at radius 3 is 1.45 bits per heavy atom. The van der Waals surface area contributed by atoms with Gasteiger partial charge in [-0.25, -0.2) is 29.1 Å². The van der Waals surface area contributed by atoms with Crippen molar-refractivity contribution in [2.24, 2.45) is 10.2 Å². The minimum atomic E-state index is -0.779. The molecule has 0 radical (unpaired) electrons. The van der Waals surface area contributed by atoms with Crippen molar-refractivity contribution in [3.05, 3.63) is 186 Å². The molecular formula is C59H49N7O12S2. The van der Waals surface area contributed by atoms with Crippen LogP contribution in [0.3, 0.4) is 0 Å². The van der Waals surface area contributed by atoms with Crippen LogP contribution in [-0.2, 0) is 19.1 Å². The zero-order valence-electron chi connectivity index (χ0n) is 42.6. The highest BCUT2D eigenvalue weighted by atomic mass is 32.1. The molecule has 2 aromatic heterocycles. The van der Waals surface area contributed by atoms with E-state index in [0.29, 0.717) is 41.4 Å². The van der Waals surface area contributed by atoms with E-state index in [-0.39, 0.29) is 70.0 Å². The lowest BCUT2D eigenvalue weighted by Crippen LogP contribution is -2.31. The number of rotatable bonds is 26. The number of hydrogen-bond donors (Lipinski definition) is 2. The second-order valence-corrected chi connectivity index (χ2v) is 19.4. The number of thiazole rings is 2. The maximum Gasteiger partial charge on any atom is 0.343 e. The van der Waals surface area contributed by atoms with Gasteiger partial charge in [-0.15, -0.1) is 0 Å². The lowest BCUT2D eigenvalue weighted by atomic mass is 10.1. The van der Waals surface area contributed by atoms with Gasteiger partial charge in [-0.3, -0.25) is 25.3 Å². The largest absolute Gasteiger partial charge is 0.494 e. The van der Waals surface area contributed by atoms with Gasteiger partial charge in [0.2, 0.25) is 10.3 Å². The number of anilines is 2. The highest BCUT2D eigenvalue weighted by Gasteiger charge is 2.23. The number of hydrazone groups is 2. The van der Waals surface area contributed by atoms with Crippen molar-refractivity contribution in [2.45, 2.75) is 32.1 Å². The van der Waals surface area contributed by atoms with Crippen LogP contribution in [0.4, 0.5) is 10.3 Å². The number of esters is 4. The summed E-state index contributed by atoms with van der Waals surface area (Å²) in [6.45, 7) is 4.62. The Morgan fingerprint density at radius 2 is 0.975 bits per heavy atom. The summed E-state index contributed by atoms with van der Waals surface area (Å²) in [6.07, 6.45) is 10.1. The van der Waals surface area contributed by atoms with Crippen LogP contribution < -0.4 is 34.5 Å². The number of imide groups is 1. The first-order valence-corrected chi connectivity index (χ1v) is 26.7. The Kier molecular flexibility index (Phi) is 18.5. The van der Waals surface area contributed by atoms with Gasteiger partial charge in [0.25, 0.3) is 11.8 Å². The zero-order valence-corrected chi connectivity index (χ0v) is 44.2. The van der Waals surface area contributed by atoms with Crippen molar-refractivity contribution in [1.29, 1.82) is 0 Å². The Bertz CT molecular complexity index is 3570. The lowest BCUT2D eigenvalue weighted by molar-refractivity contribution is -0.138. The van der Waals surface area contributed by atoms with Gasteiger partial charge >= 0.3 is 23.9 Å². The van der Waals surface area contributed by atoms with Gasteiger partial charge in [0.05, 0.1) is 69.4 Å². The minimum Gasteiger partial charge on any atom is -0.494 e. The first kappa shape index (κ1) is 54.9. The van der Waals surface area contributed by atoms with Gasteiger partial charge in [-0.05, 0) is 141 Å². The number of aromatic nitrogens is 2. The van der Waals surface area contributed by atoms with E-state index in [9.17, 15) is 28.8 Å². The van der Waals surface area contributed by atoms with E-state index in [4.69, 9.17) is 28.4 Å². The molecule has 0 atom stereocenters. The molecule has 1 aliphatic heterocycles. The first-order chi connectivity index (χ1) is 39.0. The lowest BCUT2D eigenvalue weighted by Gasteiger charge is -2.14. The summed E-state index contributed by atoms with van der Waals surface area (Å²) in [7, 11) is 0. The summed E-state index contributed by atoms with van der Waals surface area (Å²) in [5.74, 6) is -2.06. The number of hydrogen-bond acceptors (Lipinski definition) is 20. The van der Waals surface area contributed by atoms with Crippen LogP contribution in [0.15, 0.2) is 168 Å². The van der Waals surface area contributed by atoms with Crippen molar-refractivity contribution < 1.29 is 57.2 Å². The molecule has 0 bridgehead atoms. The van der Waals surface area contributed by atoms with Crippen LogP contribution in [0.1, 0.15) is 74.3 Å². The zero-order chi connectivity index (χ0) is 55.6. The molecule has 0 saturated carbocycles. The minimum absolute atomic E-state index is 0.00833. The second kappa shape index (κ2) is 27.0. The summed E-state index contributed by atoms with van der Waals surface area (Å²) >= 11 is 2.77. The van der Waals surface area contributed by atoms with Crippen molar-refractivity contribution in [3.63, 3.8) is 0 Å². The van der Waals surface area contributed by atoms with Crippen LogP contribution in [0.5, 0.6) is 28.7 Å². The third-order valence-electron chi connectivity index (χ3n) is 11.8. The Morgan fingerprint density at radius 1 is 0.537 bits per heavy atom. The predicted molar refractivity (Wildman–Crippen MR) is 303 cm³/mol. The molecule has 2 amide bonds. The van der Waals surface area contributed by atoms with Gasteiger partial charge in [-0.1, -0.05) is 53.5 Å². The van der Waals surface area contributed by atoms with E-state index in [2.05, 4.69) is 37.6 Å². The van der Waals surface area contributed by atoms with E-state index < -0.39 is 23.9 Å². The highest BCUT2D eigenvalue weighted by Crippen LogP contribution is 2.32. The van der Waals surface area contributed by atoms with Crippen LogP contribution >= 0.6 is 22.7 Å². The molecule has 0 unspecified atom stereocenters. The molecule has 0 saturated heterocycles. The number of unbranched alkanes of at least 4 members (excludes halogenated alkanes) is 3. The molecule has 0 fully saturated rings. The Balaban J connectivity index is 0.897. The second-order valence-electron chi connectivity index (χ2n) is 17.4. The normalized spacial score (nSPS) is 12.1. The molecule has 2 N–H and O–H groups in total. The number of nitrogens with zero attached hydrogens (tertiary/aromatic N) is 5. The average molecular weight is 1110 g/mol. The fourth-order valence-corrected chi connectivity index (χ4v) is 9.32. The van der Waals surface area contributed by atoms with Crippen LogP contribution in [0.2, 0.25) is 0 Å². The molecule has 1 aliphatic rings. The number of nitrogens with one attached hydrogen (secondary N) is 2. The maximum absolute atomic E-state index is 14.0. The monoisotopic (exact) mass is 1110 g/mol. The molecule has 404 valence electrons. The van der Waals surface area contributed by atoms with Crippen LogP contribution in [-0.4, -0.2) is 89.4 Å². The number of carbonyl (C=O) groups is 6. The van der Waals surface area contributed by atoms with E-state index in [1.807, 2.05) is 48.5 Å². The summed E-state index contributed by atoms with van der Waals surface area (Å²) in [4.78, 5) is 86.2. The molecule has 3 heterocycles. The van der Waals surface area contributed by atoms with Crippen molar-refractivity contribution in [1.82, 2.24) is 14.9 Å². The first-order valence-electron chi connectivity index (χ1n) is 25.1. The molecule has 8 aromatic rings. The highest BCUT2D eigenvalue weighted by molar-refractivity contribution is 7.22. The summed E-state index contributed by atoms with van der Waals surface area (Å²) in [6, 6.07) is 36.8. The maximum atomic E-state index is 14.0. The number of benzene rings is 6. The number of fused-ring (bicyclic) bond motifs is 2. The molecule has 0 spiro atoms. The van der Waals surface area contributed by atoms with Crippen LogP contribution in [0, 0.1) is 0 Å². The van der Waals surface area contributed by atoms with Gasteiger partial charge in [-0.2, -0.15) is 10.2 Å². The van der Waals surface area contributed by atoms with Gasteiger partial charge < -0.3 is 28.4 Å². The third kappa shape index (κ3) is 15.0. The molecule has 80 heavy (non-hydrogen) atoms. The third-order valence-corrected chi connectivity index (χ3v) is 13.6. The van der Waals surface area contributed by atoms with Gasteiger partial charge in [0.1, 0.15) is 28.7 Å². The quantitative estimate of drug-likeness (QED) is 0.00975. The molecular weight excluding hydrogens is 1060 g/mol. The topological polar surface area (TPSA) is 236 Å². The number of carbonyl (C=O) groups excluding carboxylic acids is 6. The van der Waals surface area contributed by atoms with Gasteiger partial charge in [0.15, 0.2) is 0 Å². The SMILES string of the molecule is C=CC(=O)OCCCCCCOc1ccc(C(=O)Oc2ccc(C(=O)Oc3cc(/C=N/Nc4nc5ccccc5s4)c(OC(=O)c4ccc(OCCCN5C(=O)C=CC5=O)cc4)cc3/C=N/Nc3nc4ccccc4s3)cc2)cc1. The number of para-hydroxylation sites is 2. The van der Waals surface area contributed by atoms with E-state index in [1.165, 1.54) is 95.8 Å². The summed E-state index contributed by atoms with van der Waals surface area (Å²) in [5.41, 5.74) is 8.43. The fraction of sp³-hybridized carbons (Fsp3) is 0.153. The Labute approximate surface area is 465 Å². The Hall–Kier alpha value is -9.86. The van der Waals surface area contributed by atoms with E-state index in [0.717, 1.165) is 57.1 Å². The van der Waals surface area contributed by atoms with Gasteiger partial charge in [0, 0.05) is 35.9 Å². The standard InChI is InChI=1S/C59H49N7O12S2/c1-2-54(69)75-32-10-4-3-9-31-73-43-22-16-38(17-23-43)55(70)76-45-26-20-40(21-27-45)57(72)78-49-35-41(36-60-64-58-62-46-12-5-7-14-50(46)79-58)48(34-42(49)37-61-65-59-63-47-13-6-8-15-51(47)80-59)77-56(71)39-18-24-44(25-19-39)74-33-11-30-66-52(67)28-29-53(66)68/h2,5-8,12-29,34-37H,1,3-4,9-11,30-33H2,(H,62,64)(H,63,65)/b60-36+,61-37+. The van der Waals surface area contributed by atoms with E-state index in [1.54, 1.807) is 36.4 Å². The molecule has 9 rings (SSSR count). The average Bonchev–Trinajstić information content (AvgIpc) is 4.19. The molecule has 0 aliphatic carbocycles. The molecule has 6 aromatic carbocycles. The predicted octanol–water partition coefficient (Wildman–Crippen LogP) is 10.8. The summed E-state index contributed by atoms with van der Waals surface area (Å²) < 4.78 is 36.2. The smallest absolute Gasteiger partial charge is 0.343 e. The molecule has 21 heteroatoms. The fourth-order valence-electron chi connectivity index (χ4n) is 7.68. The molecule has 19 nitrogen and oxygen atoms in total. The van der Waals surface area contributed by atoms with Crippen molar-refractivity contribution in [3.8, 4) is 28.7 Å². The number of amides is 2. The summed E-state index contributed by atoms with van der Waals surface area (Å²) in [5, 5.41) is 9.82. The van der Waals surface area contributed by atoms with E-state index >= 15 is 0 Å². The van der Waals surface area contributed by atoms with Crippen molar-refractivity contribution >= 4 is 101 Å². The van der Waals surface area contributed by atoms with Crippen molar-refractivity contribution in [2.75, 3.05) is 37.2 Å².